The molecule has 0 spiro atoms. The maximum absolute atomic E-state index is 11.5. The van der Waals surface area contributed by atoms with Gasteiger partial charge >= 0.3 is 5.97 Å². The largest absolute Gasteiger partial charge is 0.460 e. The Morgan fingerprint density at radius 2 is 1.72 bits per heavy atom. The summed E-state index contributed by atoms with van der Waals surface area (Å²) < 4.78 is 5.27. The first-order valence-electron chi connectivity index (χ1n) is 7.18. The molecule has 0 amide bonds. The minimum Gasteiger partial charge on any atom is -0.460 e. The molecular weight excluding hydrogens is 226 g/mol. The number of nitrogens with one attached hydrogen (secondary N) is 1. The van der Waals surface area contributed by atoms with E-state index in [1.165, 1.54) is 12.8 Å². The van der Waals surface area contributed by atoms with Crippen LogP contribution < -0.4 is 5.32 Å². The molecule has 3 nitrogen and oxygen atoms in total. The van der Waals surface area contributed by atoms with Crippen LogP contribution in [-0.2, 0) is 9.53 Å². The summed E-state index contributed by atoms with van der Waals surface area (Å²) >= 11 is 0. The zero-order chi connectivity index (χ0) is 14.2. The SMILES string of the molecule is CC(C)NC(C)CCCCCC(=O)OC(C)(C)C. The number of carbonyl (C=O) groups excluding carboxylic acids is 1. The van der Waals surface area contributed by atoms with Gasteiger partial charge in [0.25, 0.3) is 0 Å². The summed E-state index contributed by atoms with van der Waals surface area (Å²) in [5.41, 5.74) is -0.354. The minimum absolute atomic E-state index is 0.0733. The van der Waals surface area contributed by atoms with E-state index in [1.54, 1.807) is 0 Å². The Kier molecular flexibility index (Phi) is 8.25. The summed E-state index contributed by atoms with van der Waals surface area (Å²) in [4.78, 5) is 11.5. The van der Waals surface area contributed by atoms with E-state index in [2.05, 4.69) is 26.1 Å². The van der Waals surface area contributed by atoms with Gasteiger partial charge in [-0.25, -0.2) is 0 Å². The maximum atomic E-state index is 11.5. The molecule has 0 aliphatic rings. The van der Waals surface area contributed by atoms with Gasteiger partial charge in [-0.3, -0.25) is 4.79 Å². The van der Waals surface area contributed by atoms with E-state index in [1.807, 2.05) is 20.8 Å². The first-order valence-corrected chi connectivity index (χ1v) is 7.18. The lowest BCUT2D eigenvalue weighted by Gasteiger charge is -2.19. The summed E-state index contributed by atoms with van der Waals surface area (Å²) in [7, 11) is 0. The minimum atomic E-state index is -0.354. The van der Waals surface area contributed by atoms with Crippen molar-refractivity contribution in [2.24, 2.45) is 0 Å². The second-order valence-electron chi connectivity index (χ2n) is 6.41. The van der Waals surface area contributed by atoms with Gasteiger partial charge in [0.15, 0.2) is 0 Å². The third-order valence-electron chi connectivity index (χ3n) is 2.56. The predicted molar refractivity (Wildman–Crippen MR) is 76.7 cm³/mol. The van der Waals surface area contributed by atoms with E-state index in [4.69, 9.17) is 4.74 Å². The van der Waals surface area contributed by atoms with Crippen molar-refractivity contribution in [2.75, 3.05) is 0 Å². The van der Waals surface area contributed by atoms with E-state index in [9.17, 15) is 4.79 Å². The number of ether oxygens (including phenoxy) is 1. The molecule has 1 N–H and O–H groups in total. The zero-order valence-corrected chi connectivity index (χ0v) is 13.0. The van der Waals surface area contributed by atoms with Gasteiger partial charge in [0, 0.05) is 18.5 Å². The van der Waals surface area contributed by atoms with Crippen LogP contribution in [0.2, 0.25) is 0 Å². The second kappa shape index (κ2) is 8.52. The Labute approximate surface area is 113 Å². The van der Waals surface area contributed by atoms with Crippen molar-refractivity contribution in [3.8, 4) is 0 Å². The molecule has 0 saturated carbocycles. The Balaban J connectivity index is 3.48. The topological polar surface area (TPSA) is 38.3 Å². The number of hydrogen-bond acceptors (Lipinski definition) is 3. The molecular formula is C15H31NO2. The molecule has 0 radical (unpaired) electrons. The van der Waals surface area contributed by atoms with E-state index in [0.717, 1.165) is 12.8 Å². The van der Waals surface area contributed by atoms with Gasteiger partial charge < -0.3 is 10.1 Å². The lowest BCUT2D eigenvalue weighted by Crippen LogP contribution is -2.32. The van der Waals surface area contributed by atoms with Crippen molar-refractivity contribution in [3.63, 3.8) is 0 Å². The fourth-order valence-electron chi connectivity index (χ4n) is 1.94. The average molecular weight is 257 g/mol. The van der Waals surface area contributed by atoms with Crippen LogP contribution in [0, 0.1) is 0 Å². The van der Waals surface area contributed by atoms with E-state index < -0.39 is 0 Å². The summed E-state index contributed by atoms with van der Waals surface area (Å²) in [6.45, 7) is 12.3. The number of rotatable bonds is 8. The molecule has 0 fully saturated rings. The van der Waals surface area contributed by atoms with Gasteiger partial charge in [-0.15, -0.1) is 0 Å². The number of unbranched alkanes of at least 4 members (excludes halogenated alkanes) is 2. The van der Waals surface area contributed by atoms with Crippen LogP contribution in [0.1, 0.15) is 73.6 Å². The van der Waals surface area contributed by atoms with Crippen molar-refractivity contribution in [2.45, 2.75) is 91.3 Å². The molecule has 1 atom stereocenters. The van der Waals surface area contributed by atoms with Crippen LogP contribution in [0.4, 0.5) is 0 Å². The lowest BCUT2D eigenvalue weighted by atomic mass is 10.1. The van der Waals surface area contributed by atoms with Gasteiger partial charge in [-0.1, -0.05) is 26.7 Å². The number of hydrogen-bond donors (Lipinski definition) is 1. The van der Waals surface area contributed by atoms with Crippen molar-refractivity contribution in [1.82, 2.24) is 5.32 Å². The van der Waals surface area contributed by atoms with E-state index in [-0.39, 0.29) is 11.6 Å². The van der Waals surface area contributed by atoms with Gasteiger partial charge in [-0.05, 0) is 40.5 Å². The highest BCUT2D eigenvalue weighted by atomic mass is 16.6. The van der Waals surface area contributed by atoms with Gasteiger partial charge in [0.1, 0.15) is 5.60 Å². The highest BCUT2D eigenvalue weighted by Gasteiger charge is 2.15. The molecule has 0 aromatic carbocycles. The first-order chi connectivity index (χ1) is 8.20. The molecule has 0 heterocycles. The van der Waals surface area contributed by atoms with E-state index in [0.29, 0.717) is 18.5 Å². The van der Waals surface area contributed by atoms with Crippen molar-refractivity contribution in [3.05, 3.63) is 0 Å². The fourth-order valence-corrected chi connectivity index (χ4v) is 1.94. The average Bonchev–Trinajstić information content (AvgIpc) is 2.12. The zero-order valence-electron chi connectivity index (χ0n) is 13.0. The third kappa shape index (κ3) is 11.9. The molecule has 0 aliphatic heterocycles. The Morgan fingerprint density at radius 3 is 2.22 bits per heavy atom. The summed E-state index contributed by atoms with van der Waals surface area (Å²) in [6.07, 6.45) is 4.92. The summed E-state index contributed by atoms with van der Waals surface area (Å²) in [6, 6.07) is 1.10. The molecule has 3 heteroatoms. The Morgan fingerprint density at radius 1 is 1.11 bits per heavy atom. The van der Waals surface area contributed by atoms with Gasteiger partial charge in [0.05, 0.1) is 0 Å². The predicted octanol–water partition coefficient (Wildman–Crippen LogP) is 3.67. The Bertz CT molecular complexity index is 231. The highest BCUT2D eigenvalue weighted by Crippen LogP contribution is 2.11. The van der Waals surface area contributed by atoms with Crippen LogP contribution in [-0.4, -0.2) is 23.7 Å². The second-order valence-corrected chi connectivity index (χ2v) is 6.41. The summed E-state index contributed by atoms with van der Waals surface area (Å²) in [5.74, 6) is -0.0733. The molecule has 0 saturated heterocycles. The molecule has 108 valence electrons. The Hall–Kier alpha value is -0.570. The fraction of sp³-hybridized carbons (Fsp3) is 0.933. The standard InChI is InChI=1S/C15H31NO2/c1-12(2)16-13(3)10-8-7-9-11-14(17)18-15(4,5)6/h12-13,16H,7-11H2,1-6H3. The van der Waals surface area contributed by atoms with Crippen LogP contribution in [0.3, 0.4) is 0 Å². The summed E-state index contributed by atoms with van der Waals surface area (Å²) in [5, 5.41) is 3.48. The lowest BCUT2D eigenvalue weighted by molar-refractivity contribution is -0.154. The molecule has 0 rings (SSSR count). The molecule has 0 aromatic heterocycles. The number of carbonyl (C=O) groups is 1. The maximum Gasteiger partial charge on any atom is 0.306 e. The molecule has 0 aliphatic carbocycles. The first kappa shape index (κ1) is 17.4. The molecule has 0 bridgehead atoms. The van der Waals surface area contributed by atoms with Gasteiger partial charge in [0.2, 0.25) is 0 Å². The molecule has 0 aromatic rings. The number of esters is 1. The monoisotopic (exact) mass is 257 g/mol. The highest BCUT2D eigenvalue weighted by molar-refractivity contribution is 5.69. The van der Waals surface area contributed by atoms with Crippen LogP contribution in [0.25, 0.3) is 0 Å². The molecule has 1 unspecified atom stereocenters. The van der Waals surface area contributed by atoms with Crippen LogP contribution >= 0.6 is 0 Å². The van der Waals surface area contributed by atoms with E-state index >= 15 is 0 Å². The van der Waals surface area contributed by atoms with Gasteiger partial charge in [-0.2, -0.15) is 0 Å². The van der Waals surface area contributed by atoms with Crippen molar-refractivity contribution in [1.29, 1.82) is 0 Å². The van der Waals surface area contributed by atoms with Crippen molar-refractivity contribution < 1.29 is 9.53 Å². The van der Waals surface area contributed by atoms with Crippen molar-refractivity contribution >= 4 is 5.97 Å². The normalized spacial score (nSPS) is 13.7. The quantitative estimate of drug-likeness (QED) is 0.532. The smallest absolute Gasteiger partial charge is 0.306 e. The third-order valence-corrected chi connectivity index (χ3v) is 2.56. The van der Waals surface area contributed by atoms with Crippen LogP contribution in [0.5, 0.6) is 0 Å². The van der Waals surface area contributed by atoms with Crippen LogP contribution in [0.15, 0.2) is 0 Å². The molecule has 18 heavy (non-hydrogen) atoms.